The highest BCUT2D eigenvalue weighted by atomic mass is 16.5. The van der Waals surface area contributed by atoms with Crippen molar-refractivity contribution < 1.29 is 14.3 Å². The summed E-state index contributed by atoms with van der Waals surface area (Å²) < 4.78 is 5.67. The van der Waals surface area contributed by atoms with Gasteiger partial charge in [-0.05, 0) is 49.9 Å². The summed E-state index contributed by atoms with van der Waals surface area (Å²) in [6.07, 6.45) is 1.21. The highest BCUT2D eigenvalue weighted by Crippen LogP contribution is 2.30. The molecule has 0 saturated carbocycles. The van der Waals surface area contributed by atoms with E-state index in [2.05, 4.69) is 31.3 Å². The molecule has 2 aromatic carbocycles. The van der Waals surface area contributed by atoms with Gasteiger partial charge in [-0.25, -0.2) is 0 Å². The molecule has 2 aromatic rings. The number of benzene rings is 2. The Bertz CT molecular complexity index is 826. The predicted molar refractivity (Wildman–Crippen MR) is 97.1 cm³/mol. The molecule has 1 aliphatic carbocycles. The molecule has 0 aliphatic heterocycles. The lowest BCUT2D eigenvalue weighted by Crippen LogP contribution is -2.31. The first-order chi connectivity index (χ1) is 12.0. The van der Waals surface area contributed by atoms with Crippen molar-refractivity contribution in [2.75, 3.05) is 6.61 Å². The quantitative estimate of drug-likeness (QED) is 0.905. The molecule has 0 radical (unpaired) electrons. The molecule has 1 atom stereocenters. The first kappa shape index (κ1) is 17.2. The molecule has 0 heterocycles. The van der Waals surface area contributed by atoms with Gasteiger partial charge in [0, 0.05) is 17.5 Å². The normalized spacial score (nSPS) is 14.1. The van der Waals surface area contributed by atoms with E-state index >= 15 is 0 Å². The van der Waals surface area contributed by atoms with Gasteiger partial charge in [0.05, 0.1) is 6.04 Å². The van der Waals surface area contributed by atoms with Crippen molar-refractivity contribution >= 4 is 11.7 Å². The van der Waals surface area contributed by atoms with Crippen LogP contribution in [0.15, 0.2) is 36.4 Å². The van der Waals surface area contributed by atoms with Crippen LogP contribution < -0.4 is 10.1 Å². The zero-order valence-electron chi connectivity index (χ0n) is 14.9. The van der Waals surface area contributed by atoms with Crippen molar-refractivity contribution in [3.63, 3.8) is 0 Å². The molecule has 25 heavy (non-hydrogen) atoms. The SMILES string of the molecule is Cc1ccc(C(C)NC(=O)COc2cccc3c2CCC3=O)cc1C. The Morgan fingerprint density at radius 3 is 2.72 bits per heavy atom. The third-order valence-corrected chi connectivity index (χ3v) is 4.80. The standard InChI is InChI=1S/C21H23NO3/c1-13-7-8-16(11-14(13)2)15(3)22-21(24)12-25-20-6-4-5-17-18(20)9-10-19(17)23/h4-8,11,15H,9-10,12H2,1-3H3,(H,22,24). The number of rotatable bonds is 5. The zero-order chi connectivity index (χ0) is 18.0. The number of ketones is 1. The summed E-state index contributed by atoms with van der Waals surface area (Å²) in [6, 6.07) is 11.5. The Labute approximate surface area is 148 Å². The van der Waals surface area contributed by atoms with Gasteiger partial charge in [0.1, 0.15) is 5.75 Å². The van der Waals surface area contributed by atoms with Gasteiger partial charge in [0.2, 0.25) is 0 Å². The molecule has 1 amide bonds. The molecule has 1 aliphatic rings. The number of amides is 1. The average Bonchev–Trinajstić information content (AvgIpc) is 2.97. The van der Waals surface area contributed by atoms with Gasteiger partial charge in [0.25, 0.3) is 5.91 Å². The summed E-state index contributed by atoms with van der Waals surface area (Å²) in [5.74, 6) is 0.609. The fourth-order valence-electron chi connectivity index (χ4n) is 3.14. The van der Waals surface area contributed by atoms with E-state index in [0.29, 0.717) is 18.6 Å². The third-order valence-electron chi connectivity index (χ3n) is 4.80. The molecule has 0 bridgehead atoms. The van der Waals surface area contributed by atoms with E-state index in [1.807, 2.05) is 25.1 Å². The van der Waals surface area contributed by atoms with Gasteiger partial charge in [0.15, 0.2) is 12.4 Å². The molecule has 0 aromatic heterocycles. The minimum absolute atomic E-state index is 0.0557. The Hall–Kier alpha value is -2.62. The van der Waals surface area contributed by atoms with Crippen molar-refractivity contribution in [2.24, 2.45) is 0 Å². The topological polar surface area (TPSA) is 55.4 Å². The van der Waals surface area contributed by atoms with Crippen LogP contribution in [0.2, 0.25) is 0 Å². The lowest BCUT2D eigenvalue weighted by atomic mass is 10.0. The second kappa shape index (κ2) is 7.09. The van der Waals surface area contributed by atoms with Gasteiger partial charge in [-0.2, -0.15) is 0 Å². The Morgan fingerprint density at radius 2 is 1.96 bits per heavy atom. The average molecular weight is 337 g/mol. The summed E-state index contributed by atoms with van der Waals surface area (Å²) in [5.41, 5.74) is 5.16. The van der Waals surface area contributed by atoms with E-state index in [-0.39, 0.29) is 24.3 Å². The van der Waals surface area contributed by atoms with Crippen LogP contribution >= 0.6 is 0 Å². The molecule has 0 spiro atoms. The van der Waals surface area contributed by atoms with E-state index in [0.717, 1.165) is 16.7 Å². The maximum Gasteiger partial charge on any atom is 0.258 e. The third kappa shape index (κ3) is 3.73. The monoisotopic (exact) mass is 337 g/mol. The maximum atomic E-state index is 12.2. The van der Waals surface area contributed by atoms with Crippen LogP contribution in [0.25, 0.3) is 0 Å². The van der Waals surface area contributed by atoms with Gasteiger partial charge in [-0.1, -0.05) is 30.3 Å². The van der Waals surface area contributed by atoms with E-state index in [1.54, 1.807) is 6.07 Å². The first-order valence-electron chi connectivity index (χ1n) is 8.60. The number of hydrogen-bond acceptors (Lipinski definition) is 3. The number of fused-ring (bicyclic) bond motifs is 1. The first-order valence-corrected chi connectivity index (χ1v) is 8.60. The summed E-state index contributed by atoms with van der Waals surface area (Å²) in [4.78, 5) is 24.0. The summed E-state index contributed by atoms with van der Waals surface area (Å²) in [6.45, 7) is 6.04. The Morgan fingerprint density at radius 1 is 1.16 bits per heavy atom. The molecule has 1 unspecified atom stereocenters. The molecule has 130 valence electrons. The molecule has 3 rings (SSSR count). The molecule has 1 N–H and O–H groups in total. The second-order valence-corrected chi connectivity index (χ2v) is 6.63. The van der Waals surface area contributed by atoms with E-state index in [9.17, 15) is 9.59 Å². The minimum Gasteiger partial charge on any atom is -0.483 e. The lowest BCUT2D eigenvalue weighted by molar-refractivity contribution is -0.123. The maximum absolute atomic E-state index is 12.2. The van der Waals surface area contributed by atoms with Gasteiger partial charge >= 0.3 is 0 Å². The van der Waals surface area contributed by atoms with Crippen molar-refractivity contribution in [3.8, 4) is 5.75 Å². The van der Waals surface area contributed by atoms with Crippen molar-refractivity contribution in [1.82, 2.24) is 5.32 Å². The summed E-state index contributed by atoms with van der Waals surface area (Å²) >= 11 is 0. The molecule has 0 fully saturated rings. The number of Topliss-reactive ketones (excluding diaryl/α,β-unsaturated/α-hetero) is 1. The fraction of sp³-hybridized carbons (Fsp3) is 0.333. The zero-order valence-corrected chi connectivity index (χ0v) is 14.9. The number of nitrogens with one attached hydrogen (secondary N) is 1. The number of carbonyl (C=O) groups is 2. The van der Waals surface area contributed by atoms with E-state index < -0.39 is 0 Å². The van der Waals surface area contributed by atoms with Crippen molar-refractivity contribution in [3.05, 3.63) is 64.2 Å². The molecular formula is C21H23NO3. The number of ether oxygens (including phenoxy) is 1. The van der Waals surface area contributed by atoms with E-state index in [4.69, 9.17) is 4.74 Å². The minimum atomic E-state index is -0.173. The van der Waals surface area contributed by atoms with Crippen LogP contribution in [0, 0.1) is 13.8 Å². The van der Waals surface area contributed by atoms with Crippen LogP contribution in [-0.4, -0.2) is 18.3 Å². The van der Waals surface area contributed by atoms with Gasteiger partial charge in [-0.15, -0.1) is 0 Å². The van der Waals surface area contributed by atoms with Crippen LogP contribution in [0.5, 0.6) is 5.75 Å². The summed E-state index contributed by atoms with van der Waals surface area (Å²) in [7, 11) is 0. The van der Waals surface area contributed by atoms with Gasteiger partial charge < -0.3 is 10.1 Å². The number of aryl methyl sites for hydroxylation is 2. The molecular weight excluding hydrogens is 314 g/mol. The molecule has 4 nitrogen and oxygen atoms in total. The second-order valence-electron chi connectivity index (χ2n) is 6.63. The van der Waals surface area contributed by atoms with Crippen molar-refractivity contribution in [1.29, 1.82) is 0 Å². The van der Waals surface area contributed by atoms with Crippen LogP contribution in [0.1, 0.15) is 52.0 Å². The fourth-order valence-corrected chi connectivity index (χ4v) is 3.14. The number of carbonyl (C=O) groups excluding carboxylic acids is 2. The Balaban J connectivity index is 1.60. The lowest BCUT2D eigenvalue weighted by Gasteiger charge is -2.16. The highest BCUT2D eigenvalue weighted by molar-refractivity contribution is 6.01. The van der Waals surface area contributed by atoms with E-state index in [1.165, 1.54) is 11.1 Å². The molecule has 0 saturated heterocycles. The molecule has 4 heteroatoms. The highest BCUT2D eigenvalue weighted by Gasteiger charge is 2.23. The van der Waals surface area contributed by atoms with Crippen LogP contribution in [0.3, 0.4) is 0 Å². The Kier molecular flexibility index (Phi) is 4.88. The van der Waals surface area contributed by atoms with Gasteiger partial charge in [-0.3, -0.25) is 9.59 Å². The van der Waals surface area contributed by atoms with Crippen LogP contribution in [0.4, 0.5) is 0 Å². The summed E-state index contributed by atoms with van der Waals surface area (Å²) in [5, 5.41) is 2.96. The van der Waals surface area contributed by atoms with Crippen LogP contribution in [-0.2, 0) is 11.2 Å². The smallest absolute Gasteiger partial charge is 0.258 e. The largest absolute Gasteiger partial charge is 0.483 e. The number of hydrogen-bond donors (Lipinski definition) is 1. The predicted octanol–water partition coefficient (Wildman–Crippen LogP) is 3.69. The van der Waals surface area contributed by atoms with Crippen molar-refractivity contribution in [2.45, 2.75) is 39.7 Å².